The van der Waals surface area contributed by atoms with Gasteiger partial charge < -0.3 is 4.90 Å². The minimum atomic E-state index is -0.304. The number of carbonyl (C=O) groups is 1. The van der Waals surface area contributed by atoms with Gasteiger partial charge in [-0.15, -0.1) is 5.10 Å². The molecule has 0 bridgehead atoms. The molecule has 2 aromatic carbocycles. The lowest BCUT2D eigenvalue weighted by atomic mass is 10.1. The predicted molar refractivity (Wildman–Crippen MR) is 122 cm³/mol. The van der Waals surface area contributed by atoms with E-state index in [1.807, 2.05) is 48.5 Å². The lowest BCUT2D eigenvalue weighted by Crippen LogP contribution is -2.33. The van der Waals surface area contributed by atoms with Crippen molar-refractivity contribution in [1.82, 2.24) is 14.6 Å². The zero-order valence-corrected chi connectivity index (χ0v) is 18.5. The average Bonchev–Trinajstić information content (AvgIpc) is 3.38. The molecule has 1 aliphatic rings. The first-order valence-corrected chi connectivity index (χ1v) is 11.3. The van der Waals surface area contributed by atoms with Crippen molar-refractivity contribution in [2.45, 2.75) is 19.8 Å². The van der Waals surface area contributed by atoms with Crippen molar-refractivity contribution in [3.63, 3.8) is 0 Å². The van der Waals surface area contributed by atoms with Crippen molar-refractivity contribution in [2.24, 2.45) is 0 Å². The molecular formula is C22H17BrN4O2S. The Morgan fingerprint density at radius 2 is 1.83 bits per heavy atom. The highest BCUT2D eigenvalue weighted by Gasteiger charge is 2.33. The molecule has 0 N–H and O–H groups in total. The Labute approximate surface area is 184 Å². The van der Waals surface area contributed by atoms with Crippen molar-refractivity contribution in [2.75, 3.05) is 11.4 Å². The minimum absolute atomic E-state index is 0.126. The minimum Gasteiger partial charge on any atom is -0.308 e. The van der Waals surface area contributed by atoms with Crippen molar-refractivity contribution in [1.29, 1.82) is 0 Å². The maximum Gasteiger partial charge on any atom is 0.291 e. The maximum atomic E-state index is 13.2. The number of fused-ring (bicyclic) bond motifs is 2. The molecule has 0 saturated heterocycles. The van der Waals surface area contributed by atoms with Gasteiger partial charge in [0.15, 0.2) is 5.82 Å². The molecule has 0 spiro atoms. The third-order valence-corrected chi connectivity index (χ3v) is 6.70. The summed E-state index contributed by atoms with van der Waals surface area (Å²) in [6.07, 6.45) is 1.90. The molecule has 150 valence electrons. The fourth-order valence-corrected chi connectivity index (χ4v) is 4.91. The fraction of sp³-hybridized carbons (Fsp3) is 0.182. The summed E-state index contributed by atoms with van der Waals surface area (Å²) in [6, 6.07) is 15.2. The second-order valence-electron chi connectivity index (χ2n) is 7.08. The topological polar surface area (TPSA) is 67.6 Å². The summed E-state index contributed by atoms with van der Waals surface area (Å²) in [5.41, 5.74) is 2.64. The van der Waals surface area contributed by atoms with Crippen LogP contribution in [0.15, 0.2) is 57.8 Å². The van der Waals surface area contributed by atoms with Gasteiger partial charge in [0, 0.05) is 22.1 Å². The summed E-state index contributed by atoms with van der Waals surface area (Å²) in [4.78, 5) is 33.2. The van der Waals surface area contributed by atoms with Crippen molar-refractivity contribution in [3.8, 4) is 11.4 Å². The number of rotatable bonds is 4. The highest BCUT2D eigenvalue weighted by atomic mass is 79.9. The second kappa shape index (κ2) is 7.45. The van der Waals surface area contributed by atoms with Gasteiger partial charge in [-0.05, 0) is 24.6 Å². The lowest BCUT2D eigenvalue weighted by molar-refractivity contribution is -0.113. The van der Waals surface area contributed by atoms with Crippen LogP contribution in [0.5, 0.6) is 0 Å². The Balaban J connectivity index is 1.68. The molecule has 0 atom stereocenters. The number of thiazole rings is 1. The normalized spacial score (nSPS) is 15.3. The van der Waals surface area contributed by atoms with Crippen LogP contribution in [0.2, 0.25) is 0 Å². The summed E-state index contributed by atoms with van der Waals surface area (Å²) in [7, 11) is 0. The van der Waals surface area contributed by atoms with E-state index in [0.29, 0.717) is 27.4 Å². The molecule has 2 aromatic heterocycles. The van der Waals surface area contributed by atoms with E-state index < -0.39 is 0 Å². The number of hydrogen-bond acceptors (Lipinski definition) is 5. The van der Waals surface area contributed by atoms with E-state index in [9.17, 15) is 9.59 Å². The summed E-state index contributed by atoms with van der Waals surface area (Å²) in [5.74, 6) is 0.365. The molecule has 0 unspecified atom stereocenters. The van der Waals surface area contributed by atoms with Crippen molar-refractivity contribution >= 4 is 49.4 Å². The van der Waals surface area contributed by atoms with Gasteiger partial charge in [-0.2, -0.15) is 9.50 Å². The molecular weight excluding hydrogens is 464 g/mol. The monoisotopic (exact) mass is 480 g/mol. The maximum absolute atomic E-state index is 13.2. The van der Waals surface area contributed by atoms with Crippen molar-refractivity contribution in [3.05, 3.63) is 73.5 Å². The smallest absolute Gasteiger partial charge is 0.291 e. The number of carbonyl (C=O) groups excluding carboxylic acids is 1. The van der Waals surface area contributed by atoms with Crippen LogP contribution in [0.4, 0.5) is 5.69 Å². The van der Waals surface area contributed by atoms with E-state index >= 15 is 0 Å². The van der Waals surface area contributed by atoms with Gasteiger partial charge in [-0.1, -0.05) is 70.9 Å². The van der Waals surface area contributed by atoms with E-state index in [4.69, 9.17) is 0 Å². The molecule has 30 heavy (non-hydrogen) atoms. The Morgan fingerprint density at radius 3 is 2.57 bits per heavy atom. The molecule has 8 heteroatoms. The first-order valence-electron chi connectivity index (χ1n) is 9.69. The van der Waals surface area contributed by atoms with Gasteiger partial charge in [-0.3, -0.25) is 9.59 Å². The average molecular weight is 481 g/mol. The molecule has 0 saturated carbocycles. The van der Waals surface area contributed by atoms with Crippen LogP contribution in [0.3, 0.4) is 0 Å². The standard InChI is InChI=1S/C22H17BrN4O2S/c1-2-3-12-26-16-7-5-4-6-15(16)17(20(26)28)18-21(29)27-22(30-18)24-19(25-27)13-8-10-14(23)11-9-13/h4-11H,2-3,12H2,1H3/b18-17-. The van der Waals surface area contributed by atoms with Crippen LogP contribution in [0, 0.1) is 0 Å². The SMILES string of the molecule is CCCCN1C(=O)/C(=c2\sc3nc(-c4ccc(Br)cc4)nn3c2=O)c2ccccc21. The zero-order valence-electron chi connectivity index (χ0n) is 16.1. The van der Waals surface area contributed by atoms with E-state index in [2.05, 4.69) is 32.9 Å². The predicted octanol–water partition coefficient (Wildman–Crippen LogP) is 3.65. The van der Waals surface area contributed by atoms with Gasteiger partial charge in [0.25, 0.3) is 11.5 Å². The Hall–Kier alpha value is -2.84. The summed E-state index contributed by atoms with van der Waals surface area (Å²) >= 11 is 4.63. The van der Waals surface area contributed by atoms with Crippen molar-refractivity contribution < 1.29 is 4.79 Å². The fourth-order valence-electron chi connectivity index (χ4n) is 3.64. The number of halogens is 1. The third kappa shape index (κ3) is 2.98. The molecule has 0 fully saturated rings. The highest BCUT2D eigenvalue weighted by Crippen LogP contribution is 2.35. The number of benzene rings is 2. The van der Waals surface area contributed by atoms with E-state index in [1.54, 1.807) is 4.90 Å². The zero-order chi connectivity index (χ0) is 20.8. The largest absolute Gasteiger partial charge is 0.308 e. The van der Waals surface area contributed by atoms with Gasteiger partial charge >= 0.3 is 0 Å². The van der Waals surface area contributed by atoms with Gasteiger partial charge in [0.2, 0.25) is 4.96 Å². The third-order valence-electron chi connectivity index (χ3n) is 5.15. The number of amides is 1. The van der Waals surface area contributed by atoms with Gasteiger partial charge in [0.1, 0.15) is 4.53 Å². The number of unbranched alkanes of at least 4 members (excludes halogenated alkanes) is 1. The van der Waals surface area contributed by atoms with Gasteiger partial charge in [0.05, 0.1) is 11.3 Å². The van der Waals surface area contributed by atoms with Crippen LogP contribution in [0.1, 0.15) is 25.3 Å². The van der Waals surface area contributed by atoms with Gasteiger partial charge in [-0.25, -0.2) is 0 Å². The molecule has 1 aliphatic heterocycles. The van der Waals surface area contributed by atoms with Crippen LogP contribution in [-0.2, 0) is 4.79 Å². The van der Waals surface area contributed by atoms with E-state index in [-0.39, 0.29) is 11.5 Å². The molecule has 0 aliphatic carbocycles. The summed E-state index contributed by atoms with van der Waals surface area (Å²) in [5, 5.41) is 4.40. The first kappa shape index (κ1) is 19.1. The number of aromatic nitrogens is 3. The Bertz CT molecular complexity index is 1390. The number of para-hydroxylation sites is 1. The molecule has 5 rings (SSSR count). The number of nitrogens with zero attached hydrogens (tertiary/aromatic N) is 4. The number of hydrogen-bond donors (Lipinski definition) is 0. The molecule has 0 radical (unpaired) electrons. The highest BCUT2D eigenvalue weighted by molar-refractivity contribution is 9.10. The van der Waals surface area contributed by atoms with Crippen LogP contribution in [-0.4, -0.2) is 27.0 Å². The molecule has 3 heterocycles. The molecule has 4 aromatic rings. The first-order chi connectivity index (χ1) is 14.6. The van der Waals surface area contributed by atoms with E-state index in [1.165, 1.54) is 15.9 Å². The quantitative estimate of drug-likeness (QED) is 0.447. The van der Waals surface area contributed by atoms with Crippen LogP contribution >= 0.6 is 27.3 Å². The molecule has 1 amide bonds. The number of anilines is 1. The molecule has 6 nitrogen and oxygen atoms in total. The Morgan fingerprint density at radius 1 is 1.07 bits per heavy atom. The Kier molecular flexibility index (Phi) is 4.75. The van der Waals surface area contributed by atoms with E-state index in [0.717, 1.165) is 34.1 Å². The lowest BCUT2D eigenvalue weighted by Gasteiger charge is -2.16. The second-order valence-corrected chi connectivity index (χ2v) is 8.97. The summed E-state index contributed by atoms with van der Waals surface area (Å²) < 4.78 is 2.65. The van der Waals surface area contributed by atoms with Crippen LogP contribution < -0.4 is 15.0 Å². The van der Waals surface area contributed by atoms with Crippen LogP contribution in [0.25, 0.3) is 21.9 Å². The summed E-state index contributed by atoms with van der Waals surface area (Å²) in [6.45, 7) is 2.73.